The summed E-state index contributed by atoms with van der Waals surface area (Å²) in [4.78, 5) is 23.2. The number of amides is 1. The number of rotatable bonds is 3. The molecule has 3 aromatic rings. The van der Waals surface area contributed by atoms with Crippen LogP contribution in [-0.2, 0) is 4.79 Å². The summed E-state index contributed by atoms with van der Waals surface area (Å²) in [5.41, 5.74) is 1.69. The van der Waals surface area contributed by atoms with Crippen molar-refractivity contribution in [2.75, 3.05) is 5.32 Å². The van der Waals surface area contributed by atoms with Crippen LogP contribution >= 0.6 is 0 Å². The number of para-hydroxylation sites is 2. The van der Waals surface area contributed by atoms with Crippen molar-refractivity contribution in [2.45, 2.75) is 13.0 Å². The lowest BCUT2D eigenvalue weighted by atomic mass is 10.3. The summed E-state index contributed by atoms with van der Waals surface area (Å²) in [6.45, 7) is 1.74. The van der Waals surface area contributed by atoms with Gasteiger partial charge in [-0.15, -0.1) is 0 Å². The van der Waals surface area contributed by atoms with E-state index in [0.29, 0.717) is 5.95 Å². The minimum absolute atomic E-state index is 0.204. The number of anilines is 1. The molecule has 0 aliphatic heterocycles. The normalized spacial score (nSPS) is 12.5. The molecule has 0 bridgehead atoms. The van der Waals surface area contributed by atoms with Gasteiger partial charge >= 0.3 is 0 Å². The molecule has 1 amide bonds. The van der Waals surface area contributed by atoms with Gasteiger partial charge in [-0.05, 0) is 19.1 Å². The van der Waals surface area contributed by atoms with Crippen LogP contribution in [0.2, 0.25) is 0 Å². The number of H-pyrrole nitrogens is 1. The summed E-state index contributed by atoms with van der Waals surface area (Å²) < 4.78 is 1.48. The van der Waals surface area contributed by atoms with Crippen molar-refractivity contribution in [2.24, 2.45) is 0 Å². The Hall–Kier alpha value is -2.70. The average molecular weight is 256 g/mol. The molecule has 0 aliphatic rings. The van der Waals surface area contributed by atoms with E-state index in [0.717, 1.165) is 11.0 Å². The van der Waals surface area contributed by atoms with E-state index in [1.165, 1.54) is 17.3 Å². The standard InChI is InChI=1S/C12H12N6O/c1-8(18-7-13-6-14-18)11(19)17-12-15-9-4-2-3-5-10(9)16-12/h2-8H,1H3,(H2,15,16,17,19). The molecule has 0 fully saturated rings. The van der Waals surface area contributed by atoms with Crippen molar-refractivity contribution >= 4 is 22.9 Å². The van der Waals surface area contributed by atoms with Crippen molar-refractivity contribution in [1.82, 2.24) is 24.7 Å². The zero-order valence-electron chi connectivity index (χ0n) is 10.2. The number of aromatic nitrogens is 5. The molecule has 0 saturated heterocycles. The maximum absolute atomic E-state index is 12.0. The van der Waals surface area contributed by atoms with Gasteiger partial charge in [0.15, 0.2) is 0 Å². The molecule has 2 aromatic heterocycles. The van der Waals surface area contributed by atoms with Crippen LogP contribution < -0.4 is 5.32 Å². The molecule has 7 heteroatoms. The lowest BCUT2D eigenvalue weighted by Gasteiger charge is -2.09. The number of imidazole rings is 1. The van der Waals surface area contributed by atoms with E-state index >= 15 is 0 Å². The number of fused-ring (bicyclic) bond motifs is 1. The Bertz CT molecular complexity index is 669. The van der Waals surface area contributed by atoms with Crippen molar-refractivity contribution in [3.05, 3.63) is 36.9 Å². The number of carbonyl (C=O) groups excluding carboxylic acids is 1. The molecule has 0 saturated carbocycles. The first kappa shape index (κ1) is 11.4. The first-order chi connectivity index (χ1) is 9.24. The van der Waals surface area contributed by atoms with Crippen molar-refractivity contribution in [3.8, 4) is 0 Å². The molecule has 0 spiro atoms. The zero-order valence-corrected chi connectivity index (χ0v) is 10.2. The van der Waals surface area contributed by atoms with Gasteiger partial charge in [0, 0.05) is 0 Å². The van der Waals surface area contributed by atoms with E-state index in [2.05, 4.69) is 25.4 Å². The van der Waals surface area contributed by atoms with Crippen LogP contribution in [0.15, 0.2) is 36.9 Å². The second-order valence-corrected chi connectivity index (χ2v) is 4.14. The van der Waals surface area contributed by atoms with Crippen LogP contribution in [0, 0.1) is 0 Å². The zero-order chi connectivity index (χ0) is 13.2. The number of hydrogen-bond acceptors (Lipinski definition) is 4. The van der Waals surface area contributed by atoms with Gasteiger partial charge in [0.2, 0.25) is 5.95 Å². The smallest absolute Gasteiger partial charge is 0.251 e. The SMILES string of the molecule is CC(C(=O)Nc1nc2ccccc2[nH]1)n1cncn1. The summed E-state index contributed by atoms with van der Waals surface area (Å²) in [7, 11) is 0. The number of benzene rings is 1. The molecular weight excluding hydrogens is 244 g/mol. The fraction of sp³-hybridized carbons (Fsp3) is 0.167. The molecule has 1 aromatic carbocycles. The Balaban J connectivity index is 1.79. The Labute approximate surface area is 108 Å². The largest absolute Gasteiger partial charge is 0.324 e. The lowest BCUT2D eigenvalue weighted by molar-refractivity contribution is -0.119. The second kappa shape index (κ2) is 4.52. The molecule has 0 radical (unpaired) electrons. The molecule has 96 valence electrons. The van der Waals surface area contributed by atoms with Crippen LogP contribution in [0.25, 0.3) is 11.0 Å². The van der Waals surface area contributed by atoms with E-state index in [9.17, 15) is 4.79 Å². The molecule has 7 nitrogen and oxygen atoms in total. The second-order valence-electron chi connectivity index (χ2n) is 4.14. The van der Waals surface area contributed by atoms with Crippen LogP contribution in [-0.4, -0.2) is 30.6 Å². The van der Waals surface area contributed by atoms with Gasteiger partial charge in [0.25, 0.3) is 5.91 Å². The minimum atomic E-state index is -0.448. The quantitative estimate of drug-likeness (QED) is 0.740. The van der Waals surface area contributed by atoms with Crippen molar-refractivity contribution in [3.63, 3.8) is 0 Å². The number of nitrogens with zero attached hydrogens (tertiary/aromatic N) is 4. The topological polar surface area (TPSA) is 88.5 Å². The molecule has 2 N–H and O–H groups in total. The third-order valence-corrected chi connectivity index (χ3v) is 2.84. The van der Waals surface area contributed by atoms with Crippen LogP contribution in [0.4, 0.5) is 5.95 Å². The Morgan fingerprint density at radius 3 is 3.00 bits per heavy atom. The van der Waals surface area contributed by atoms with E-state index in [1.807, 2.05) is 24.3 Å². The maximum Gasteiger partial charge on any atom is 0.251 e. The maximum atomic E-state index is 12.0. The third kappa shape index (κ3) is 2.17. The molecule has 2 heterocycles. The number of carbonyl (C=O) groups is 1. The van der Waals surface area contributed by atoms with E-state index in [1.54, 1.807) is 6.92 Å². The highest BCUT2D eigenvalue weighted by molar-refractivity contribution is 5.93. The van der Waals surface area contributed by atoms with Crippen molar-refractivity contribution < 1.29 is 4.79 Å². The van der Waals surface area contributed by atoms with E-state index in [4.69, 9.17) is 0 Å². The first-order valence-corrected chi connectivity index (χ1v) is 5.84. The van der Waals surface area contributed by atoms with Gasteiger partial charge in [-0.2, -0.15) is 5.10 Å². The van der Waals surface area contributed by atoms with Gasteiger partial charge in [-0.1, -0.05) is 12.1 Å². The number of hydrogen-bond donors (Lipinski definition) is 2. The Morgan fingerprint density at radius 2 is 2.26 bits per heavy atom. The van der Waals surface area contributed by atoms with Crippen LogP contribution in [0.3, 0.4) is 0 Å². The molecule has 0 aliphatic carbocycles. The summed E-state index contributed by atoms with van der Waals surface area (Å²) >= 11 is 0. The summed E-state index contributed by atoms with van der Waals surface area (Å²) in [5, 5.41) is 6.66. The lowest BCUT2D eigenvalue weighted by Crippen LogP contribution is -2.24. The predicted molar refractivity (Wildman–Crippen MR) is 69.5 cm³/mol. The first-order valence-electron chi connectivity index (χ1n) is 5.84. The average Bonchev–Trinajstić information content (AvgIpc) is 3.06. The van der Waals surface area contributed by atoms with Gasteiger partial charge in [0.05, 0.1) is 11.0 Å². The fourth-order valence-corrected chi connectivity index (χ4v) is 1.77. The van der Waals surface area contributed by atoms with E-state index in [-0.39, 0.29) is 5.91 Å². The van der Waals surface area contributed by atoms with Gasteiger partial charge in [0.1, 0.15) is 18.7 Å². The van der Waals surface area contributed by atoms with Gasteiger partial charge in [-0.3, -0.25) is 10.1 Å². The molecule has 19 heavy (non-hydrogen) atoms. The fourth-order valence-electron chi connectivity index (χ4n) is 1.77. The molecule has 3 rings (SSSR count). The Morgan fingerprint density at radius 1 is 1.42 bits per heavy atom. The summed E-state index contributed by atoms with van der Waals surface area (Å²) in [6, 6.07) is 7.13. The number of nitrogens with one attached hydrogen (secondary N) is 2. The van der Waals surface area contributed by atoms with Crippen LogP contribution in [0.5, 0.6) is 0 Å². The molecule has 1 atom stereocenters. The minimum Gasteiger partial charge on any atom is -0.324 e. The van der Waals surface area contributed by atoms with Gasteiger partial charge < -0.3 is 4.98 Å². The highest BCUT2D eigenvalue weighted by Crippen LogP contribution is 2.14. The predicted octanol–water partition coefficient (Wildman–Crippen LogP) is 1.35. The van der Waals surface area contributed by atoms with E-state index < -0.39 is 6.04 Å². The van der Waals surface area contributed by atoms with Crippen molar-refractivity contribution in [1.29, 1.82) is 0 Å². The third-order valence-electron chi connectivity index (χ3n) is 2.84. The molecular formula is C12H12N6O. The number of aromatic amines is 1. The molecule has 1 unspecified atom stereocenters. The monoisotopic (exact) mass is 256 g/mol. The highest BCUT2D eigenvalue weighted by atomic mass is 16.2. The van der Waals surface area contributed by atoms with Crippen LogP contribution in [0.1, 0.15) is 13.0 Å². The highest BCUT2D eigenvalue weighted by Gasteiger charge is 2.16. The summed E-state index contributed by atoms with van der Waals surface area (Å²) in [6.07, 6.45) is 2.90. The Kier molecular flexibility index (Phi) is 2.71. The van der Waals surface area contributed by atoms with Gasteiger partial charge in [-0.25, -0.2) is 14.6 Å². The summed E-state index contributed by atoms with van der Waals surface area (Å²) in [5.74, 6) is 0.225.